The van der Waals surface area contributed by atoms with Gasteiger partial charge < -0.3 is 15.2 Å². The number of urea groups is 1. The summed E-state index contributed by atoms with van der Waals surface area (Å²) in [5.41, 5.74) is 1.48. The van der Waals surface area contributed by atoms with Gasteiger partial charge in [-0.25, -0.2) is 18.0 Å². The molecular formula is C19H16F3N3O. The maximum absolute atomic E-state index is 13.5. The molecule has 0 aliphatic heterocycles. The number of anilines is 1. The molecule has 0 aliphatic rings. The Morgan fingerprint density at radius 3 is 2.54 bits per heavy atom. The Morgan fingerprint density at radius 1 is 0.962 bits per heavy atom. The zero-order valence-corrected chi connectivity index (χ0v) is 13.7. The van der Waals surface area contributed by atoms with Gasteiger partial charge >= 0.3 is 6.03 Å². The minimum atomic E-state index is -0.852. The van der Waals surface area contributed by atoms with Crippen molar-refractivity contribution in [3.8, 4) is 0 Å². The van der Waals surface area contributed by atoms with Crippen LogP contribution >= 0.6 is 0 Å². The van der Waals surface area contributed by atoms with E-state index in [9.17, 15) is 18.0 Å². The van der Waals surface area contributed by atoms with Crippen LogP contribution in [0.2, 0.25) is 0 Å². The number of amides is 2. The number of carbonyl (C=O) groups is 1. The highest BCUT2D eigenvalue weighted by atomic mass is 19.1. The van der Waals surface area contributed by atoms with Crippen LogP contribution in [0.5, 0.6) is 0 Å². The Labute approximate surface area is 148 Å². The maximum atomic E-state index is 13.5. The highest BCUT2D eigenvalue weighted by Gasteiger charge is 2.09. The Morgan fingerprint density at radius 2 is 1.77 bits per heavy atom. The number of halogens is 3. The summed E-state index contributed by atoms with van der Waals surface area (Å²) >= 11 is 0. The molecule has 26 heavy (non-hydrogen) atoms. The van der Waals surface area contributed by atoms with Crippen molar-refractivity contribution in [3.63, 3.8) is 0 Å². The molecule has 0 saturated heterocycles. The predicted molar refractivity (Wildman–Crippen MR) is 92.2 cm³/mol. The van der Waals surface area contributed by atoms with Gasteiger partial charge in [0.15, 0.2) is 0 Å². The molecule has 0 atom stereocenters. The predicted octanol–water partition coefficient (Wildman–Crippen LogP) is 4.28. The highest BCUT2D eigenvalue weighted by Crippen LogP contribution is 2.15. The van der Waals surface area contributed by atoms with E-state index in [2.05, 4.69) is 10.6 Å². The quantitative estimate of drug-likeness (QED) is 0.702. The summed E-state index contributed by atoms with van der Waals surface area (Å²) in [7, 11) is 0. The molecule has 0 aliphatic carbocycles. The van der Waals surface area contributed by atoms with Gasteiger partial charge in [0.1, 0.15) is 17.5 Å². The van der Waals surface area contributed by atoms with Crippen molar-refractivity contribution >= 4 is 11.7 Å². The zero-order chi connectivity index (χ0) is 18.5. The molecule has 0 unspecified atom stereocenters. The standard InChI is InChI=1S/C19H16F3N3O/c20-14-4-1-3-13(9-14)12-25-8-2-5-16(25)11-23-19(26)24-18-7-6-15(21)10-17(18)22/h1-10H,11-12H2,(H2,23,24,26). The fraction of sp³-hybridized carbons (Fsp3) is 0.105. The van der Waals surface area contributed by atoms with Gasteiger partial charge in [0.2, 0.25) is 0 Å². The molecule has 2 amide bonds. The Hall–Kier alpha value is -3.22. The van der Waals surface area contributed by atoms with Gasteiger partial charge in [-0.05, 0) is 42.0 Å². The first-order valence-electron chi connectivity index (χ1n) is 7.89. The number of hydrogen-bond acceptors (Lipinski definition) is 1. The maximum Gasteiger partial charge on any atom is 0.319 e. The van der Waals surface area contributed by atoms with E-state index in [0.29, 0.717) is 12.6 Å². The molecule has 4 nitrogen and oxygen atoms in total. The second-order valence-corrected chi connectivity index (χ2v) is 5.69. The molecule has 0 bridgehead atoms. The third-order valence-electron chi connectivity index (χ3n) is 3.77. The number of rotatable bonds is 5. The fourth-order valence-corrected chi connectivity index (χ4v) is 2.52. The number of aromatic nitrogens is 1. The van der Waals surface area contributed by atoms with E-state index in [1.165, 1.54) is 12.1 Å². The van der Waals surface area contributed by atoms with Crippen LogP contribution in [0.3, 0.4) is 0 Å². The normalized spacial score (nSPS) is 10.6. The molecule has 7 heteroatoms. The first-order chi connectivity index (χ1) is 12.5. The Balaban J connectivity index is 1.60. The summed E-state index contributed by atoms with van der Waals surface area (Å²) in [4.78, 5) is 11.9. The molecule has 3 aromatic rings. The lowest BCUT2D eigenvalue weighted by Crippen LogP contribution is -2.29. The summed E-state index contributed by atoms with van der Waals surface area (Å²) in [6, 6.07) is 12.2. The third-order valence-corrected chi connectivity index (χ3v) is 3.77. The lowest BCUT2D eigenvalue weighted by Gasteiger charge is -2.12. The molecule has 0 saturated carbocycles. The van der Waals surface area contributed by atoms with Crippen molar-refractivity contribution in [2.45, 2.75) is 13.1 Å². The molecule has 2 N–H and O–H groups in total. The van der Waals surface area contributed by atoms with Gasteiger partial charge in [0.25, 0.3) is 0 Å². The number of hydrogen-bond donors (Lipinski definition) is 2. The summed E-state index contributed by atoms with van der Waals surface area (Å²) in [5.74, 6) is -1.88. The molecule has 1 heterocycles. The van der Waals surface area contributed by atoms with Gasteiger partial charge in [-0.2, -0.15) is 0 Å². The van der Waals surface area contributed by atoms with E-state index < -0.39 is 17.7 Å². The van der Waals surface area contributed by atoms with Crippen LogP contribution < -0.4 is 10.6 Å². The average Bonchev–Trinajstić information content (AvgIpc) is 3.03. The molecule has 134 valence electrons. The van der Waals surface area contributed by atoms with Crippen LogP contribution in [0.15, 0.2) is 60.8 Å². The second-order valence-electron chi connectivity index (χ2n) is 5.69. The lowest BCUT2D eigenvalue weighted by molar-refractivity contribution is 0.251. The number of benzene rings is 2. The summed E-state index contributed by atoms with van der Waals surface area (Å²) in [6.45, 7) is 0.646. The zero-order valence-electron chi connectivity index (χ0n) is 13.7. The molecule has 2 aromatic carbocycles. The van der Waals surface area contributed by atoms with E-state index in [4.69, 9.17) is 0 Å². The van der Waals surface area contributed by atoms with Crippen molar-refractivity contribution in [1.29, 1.82) is 0 Å². The van der Waals surface area contributed by atoms with Crippen LogP contribution in [-0.2, 0) is 13.1 Å². The Bertz CT molecular complexity index is 924. The van der Waals surface area contributed by atoms with Gasteiger partial charge in [-0.1, -0.05) is 12.1 Å². The van der Waals surface area contributed by atoms with Crippen LogP contribution in [-0.4, -0.2) is 10.6 Å². The minimum Gasteiger partial charge on any atom is -0.345 e. The molecule has 0 radical (unpaired) electrons. The van der Waals surface area contributed by atoms with Crippen LogP contribution in [0.1, 0.15) is 11.3 Å². The summed E-state index contributed by atoms with van der Waals surface area (Å²) in [5, 5.41) is 4.93. The summed E-state index contributed by atoms with van der Waals surface area (Å²) in [6.07, 6.45) is 1.82. The first-order valence-corrected chi connectivity index (χ1v) is 7.89. The number of nitrogens with zero attached hydrogens (tertiary/aromatic N) is 1. The van der Waals surface area contributed by atoms with Crippen molar-refractivity contribution in [2.75, 3.05) is 5.32 Å². The smallest absolute Gasteiger partial charge is 0.319 e. The van der Waals surface area contributed by atoms with E-state index in [-0.39, 0.29) is 18.0 Å². The second kappa shape index (κ2) is 7.77. The lowest BCUT2D eigenvalue weighted by atomic mass is 10.2. The van der Waals surface area contributed by atoms with Crippen LogP contribution in [0, 0.1) is 17.5 Å². The van der Waals surface area contributed by atoms with Gasteiger partial charge in [-0.3, -0.25) is 0 Å². The monoisotopic (exact) mass is 359 g/mol. The van der Waals surface area contributed by atoms with Crippen LogP contribution in [0.25, 0.3) is 0 Å². The van der Waals surface area contributed by atoms with Crippen molar-refractivity contribution < 1.29 is 18.0 Å². The molecular weight excluding hydrogens is 343 g/mol. The van der Waals surface area contributed by atoms with Crippen molar-refractivity contribution in [2.24, 2.45) is 0 Å². The van der Waals surface area contributed by atoms with E-state index in [1.54, 1.807) is 6.07 Å². The number of nitrogens with one attached hydrogen (secondary N) is 2. The average molecular weight is 359 g/mol. The molecule has 3 rings (SSSR count). The SMILES string of the molecule is O=C(NCc1cccn1Cc1cccc(F)c1)Nc1ccc(F)cc1F. The number of carbonyl (C=O) groups excluding carboxylic acids is 1. The molecule has 1 aromatic heterocycles. The topological polar surface area (TPSA) is 46.1 Å². The highest BCUT2D eigenvalue weighted by molar-refractivity contribution is 5.89. The Kier molecular flexibility index (Phi) is 5.26. The summed E-state index contributed by atoms with van der Waals surface area (Å²) < 4.78 is 41.6. The van der Waals surface area contributed by atoms with Gasteiger partial charge in [-0.15, -0.1) is 0 Å². The third kappa shape index (κ3) is 4.44. The van der Waals surface area contributed by atoms with Gasteiger partial charge in [0.05, 0.1) is 12.2 Å². The molecule has 0 fully saturated rings. The minimum absolute atomic E-state index is 0.112. The van der Waals surface area contributed by atoms with Gasteiger partial charge in [0, 0.05) is 24.5 Å². The molecule has 0 spiro atoms. The van der Waals surface area contributed by atoms with Crippen LogP contribution in [0.4, 0.5) is 23.7 Å². The largest absolute Gasteiger partial charge is 0.345 e. The van der Waals surface area contributed by atoms with Crippen molar-refractivity contribution in [3.05, 3.63) is 89.5 Å². The first kappa shape index (κ1) is 17.6. The van der Waals surface area contributed by atoms with Crippen molar-refractivity contribution in [1.82, 2.24) is 9.88 Å². The van der Waals surface area contributed by atoms with E-state index in [0.717, 1.165) is 23.4 Å². The fourth-order valence-electron chi connectivity index (χ4n) is 2.52. The van der Waals surface area contributed by atoms with E-state index in [1.807, 2.05) is 29.0 Å². The van der Waals surface area contributed by atoms with E-state index >= 15 is 0 Å².